The van der Waals surface area contributed by atoms with Gasteiger partial charge in [0.25, 0.3) is 15.9 Å². The van der Waals surface area contributed by atoms with Crippen LogP contribution in [0, 0.1) is 24.7 Å². The summed E-state index contributed by atoms with van der Waals surface area (Å²) in [5, 5.41) is 6.78. The topological polar surface area (TPSA) is 87.3 Å². The van der Waals surface area contributed by atoms with E-state index in [1.807, 2.05) is 25.1 Å². The Morgan fingerprint density at radius 2 is 1.54 bits per heavy atom. The molecule has 7 rings (SSSR count). The quantitative estimate of drug-likeness (QED) is 0.229. The van der Waals surface area contributed by atoms with Gasteiger partial charge in [-0.25, -0.2) is 8.42 Å². The molecule has 0 spiro atoms. The molecule has 4 aromatic rings. The normalized spacial score (nSPS) is 24.2. The third kappa shape index (κ3) is 4.78. The van der Waals surface area contributed by atoms with Gasteiger partial charge in [0.1, 0.15) is 0 Å². The van der Waals surface area contributed by atoms with E-state index in [0.29, 0.717) is 46.7 Å². The van der Waals surface area contributed by atoms with Gasteiger partial charge in [-0.1, -0.05) is 48.0 Å². The zero-order valence-electron chi connectivity index (χ0n) is 22.9. The maximum absolute atomic E-state index is 13.3. The van der Waals surface area contributed by atoms with Gasteiger partial charge in [-0.05, 0) is 116 Å². The van der Waals surface area contributed by atoms with Crippen molar-refractivity contribution < 1.29 is 13.2 Å². The van der Waals surface area contributed by atoms with Gasteiger partial charge in [-0.3, -0.25) is 9.52 Å². The fourth-order valence-corrected chi connectivity index (χ4v) is 8.43. The minimum absolute atomic E-state index is 0.131. The van der Waals surface area contributed by atoms with E-state index in [-0.39, 0.29) is 10.8 Å². The largest absolute Gasteiger partial charge is 0.378 e. The number of carbonyl (C=O) groups excluding carboxylic acids is 1. The summed E-state index contributed by atoms with van der Waals surface area (Å²) in [5.74, 6) is 2.16. The molecule has 6 nitrogen and oxygen atoms in total. The number of amides is 1. The predicted octanol–water partition coefficient (Wildman–Crippen LogP) is 7.34. The average Bonchev–Trinajstić information content (AvgIpc) is 3.62. The van der Waals surface area contributed by atoms with Gasteiger partial charge >= 0.3 is 0 Å². The lowest BCUT2D eigenvalue weighted by Gasteiger charge is -2.43. The van der Waals surface area contributed by atoms with E-state index >= 15 is 0 Å². The summed E-state index contributed by atoms with van der Waals surface area (Å²) in [4.78, 5) is 13.5. The fraction of sp³-hybridized carbons (Fsp3) is 0.265. The highest BCUT2D eigenvalue weighted by atomic mass is 32.2. The number of carbonyl (C=O) groups is 1. The van der Waals surface area contributed by atoms with Crippen LogP contribution in [0.5, 0.6) is 0 Å². The third-order valence-electron chi connectivity index (χ3n) is 9.23. The zero-order valence-corrected chi connectivity index (χ0v) is 23.7. The first-order chi connectivity index (χ1) is 19.9. The molecule has 0 radical (unpaired) electrons. The lowest BCUT2D eigenvalue weighted by atomic mass is 9.68. The molecule has 2 bridgehead atoms. The van der Waals surface area contributed by atoms with Gasteiger partial charge < -0.3 is 10.6 Å². The lowest BCUT2D eigenvalue weighted by molar-refractivity contribution is 0.102. The summed E-state index contributed by atoms with van der Waals surface area (Å²) in [5.41, 5.74) is 6.43. The van der Waals surface area contributed by atoms with Crippen molar-refractivity contribution in [3.05, 3.63) is 119 Å². The summed E-state index contributed by atoms with van der Waals surface area (Å²) in [6.07, 6.45) is 3.82. The third-order valence-corrected chi connectivity index (χ3v) is 10.6. The molecule has 2 saturated carbocycles. The maximum Gasteiger partial charge on any atom is 0.261 e. The van der Waals surface area contributed by atoms with Crippen LogP contribution in [0.2, 0.25) is 0 Å². The van der Waals surface area contributed by atoms with Crippen LogP contribution < -0.4 is 15.4 Å². The van der Waals surface area contributed by atoms with Crippen LogP contribution in [0.25, 0.3) is 0 Å². The van der Waals surface area contributed by atoms with E-state index in [2.05, 4.69) is 57.8 Å². The molecule has 3 aliphatic rings. The van der Waals surface area contributed by atoms with E-state index in [9.17, 15) is 13.2 Å². The van der Waals surface area contributed by atoms with Gasteiger partial charge in [0, 0.05) is 22.6 Å². The molecule has 1 aliphatic heterocycles. The number of anilines is 3. The number of aryl methyl sites for hydroxylation is 1. The smallest absolute Gasteiger partial charge is 0.261 e. The number of fused-ring (bicyclic) bond motifs is 7. The SMILES string of the molecule is Cc1ccc(NS(=O)(=O)c2ccc(NC(=O)c3ccc4c(c3)[C@@H]3[C@H]5CC[C@@H](C5)[C@H]3[C@@H](c3ccccc3)N4)cc2)cc1. The zero-order chi connectivity index (χ0) is 28.1. The van der Waals surface area contributed by atoms with Crippen molar-refractivity contribution in [2.45, 2.75) is 43.0 Å². The molecule has 2 fully saturated rings. The summed E-state index contributed by atoms with van der Waals surface area (Å²) in [6.45, 7) is 1.95. The van der Waals surface area contributed by atoms with Crippen molar-refractivity contribution in [2.24, 2.45) is 17.8 Å². The predicted molar refractivity (Wildman–Crippen MR) is 163 cm³/mol. The van der Waals surface area contributed by atoms with E-state index in [1.165, 1.54) is 42.5 Å². The van der Waals surface area contributed by atoms with E-state index in [1.54, 1.807) is 24.3 Å². The highest BCUT2D eigenvalue weighted by Gasteiger charge is 2.53. The monoisotopic (exact) mass is 563 g/mol. The maximum atomic E-state index is 13.3. The molecule has 1 amide bonds. The number of benzene rings is 4. The van der Waals surface area contributed by atoms with Crippen molar-refractivity contribution in [3.63, 3.8) is 0 Å². The number of hydrogen-bond acceptors (Lipinski definition) is 4. The van der Waals surface area contributed by atoms with Crippen LogP contribution in [0.15, 0.2) is 102 Å². The van der Waals surface area contributed by atoms with E-state index < -0.39 is 10.0 Å². The molecule has 1 heterocycles. The molecular weight excluding hydrogens is 530 g/mol. The lowest BCUT2D eigenvalue weighted by Crippen LogP contribution is -2.35. The van der Waals surface area contributed by atoms with E-state index in [4.69, 9.17) is 0 Å². The molecule has 41 heavy (non-hydrogen) atoms. The van der Waals surface area contributed by atoms with Crippen LogP contribution in [0.4, 0.5) is 17.1 Å². The molecule has 5 atom stereocenters. The minimum Gasteiger partial charge on any atom is -0.378 e. The fourth-order valence-electron chi connectivity index (χ4n) is 7.37. The first-order valence-electron chi connectivity index (χ1n) is 14.3. The van der Waals surface area contributed by atoms with Crippen molar-refractivity contribution >= 4 is 33.0 Å². The van der Waals surface area contributed by atoms with Crippen LogP contribution >= 0.6 is 0 Å². The Morgan fingerprint density at radius 1 is 0.829 bits per heavy atom. The molecule has 2 aliphatic carbocycles. The Labute approximate surface area is 241 Å². The van der Waals surface area contributed by atoms with Crippen LogP contribution in [-0.2, 0) is 10.0 Å². The van der Waals surface area contributed by atoms with Crippen molar-refractivity contribution in [3.8, 4) is 0 Å². The Morgan fingerprint density at radius 3 is 2.29 bits per heavy atom. The van der Waals surface area contributed by atoms with Crippen molar-refractivity contribution in [2.75, 3.05) is 15.4 Å². The second kappa shape index (κ2) is 10.1. The number of nitrogens with one attached hydrogen (secondary N) is 3. The molecule has 0 aromatic heterocycles. The van der Waals surface area contributed by atoms with Gasteiger partial charge in [0.05, 0.1) is 10.9 Å². The van der Waals surface area contributed by atoms with Crippen LogP contribution in [-0.4, -0.2) is 14.3 Å². The van der Waals surface area contributed by atoms with Crippen molar-refractivity contribution in [1.29, 1.82) is 0 Å². The summed E-state index contributed by atoms with van der Waals surface area (Å²) >= 11 is 0. The molecule has 208 valence electrons. The molecular formula is C34H33N3O3S. The summed E-state index contributed by atoms with van der Waals surface area (Å²) in [7, 11) is -3.74. The molecule has 7 heteroatoms. The Hall–Kier alpha value is -4.10. The average molecular weight is 564 g/mol. The van der Waals surface area contributed by atoms with E-state index in [0.717, 1.165) is 11.3 Å². The molecule has 0 saturated heterocycles. The number of hydrogen-bond donors (Lipinski definition) is 3. The van der Waals surface area contributed by atoms with Crippen LogP contribution in [0.3, 0.4) is 0 Å². The first kappa shape index (κ1) is 25.8. The minimum atomic E-state index is -3.74. The van der Waals surface area contributed by atoms with Gasteiger partial charge in [-0.2, -0.15) is 0 Å². The molecule has 0 unspecified atom stereocenters. The standard InChI is InChI=1S/C34H33N3O3S/c1-21-7-12-27(13-8-21)37-41(39,40)28-16-14-26(15-17-28)35-34(38)25-11-18-30-29(20-25)31-23-9-10-24(19-23)32(31)33(36-30)22-5-3-2-4-6-22/h2-8,11-18,20,23-24,31-33,36-37H,9-10,19H2,1H3,(H,35,38)/t23-,24-,31-,32+,33+/m0/s1. The Balaban J connectivity index is 1.10. The number of rotatable bonds is 6. The second-order valence-electron chi connectivity index (χ2n) is 11.7. The first-order valence-corrected chi connectivity index (χ1v) is 15.8. The van der Waals surface area contributed by atoms with Gasteiger partial charge in [-0.15, -0.1) is 0 Å². The van der Waals surface area contributed by atoms with Crippen molar-refractivity contribution in [1.82, 2.24) is 0 Å². The Kier molecular flexibility index (Phi) is 6.35. The van der Waals surface area contributed by atoms with Crippen LogP contribution in [0.1, 0.15) is 58.3 Å². The number of sulfonamides is 1. The van der Waals surface area contributed by atoms with Gasteiger partial charge in [0.15, 0.2) is 0 Å². The molecule has 3 N–H and O–H groups in total. The highest BCUT2D eigenvalue weighted by Crippen LogP contribution is 2.63. The van der Waals surface area contributed by atoms with Gasteiger partial charge in [0.2, 0.25) is 0 Å². The summed E-state index contributed by atoms with van der Waals surface area (Å²) < 4.78 is 28.3. The highest BCUT2D eigenvalue weighted by molar-refractivity contribution is 7.92. The molecule has 4 aromatic carbocycles. The Bertz CT molecular complexity index is 1700. The second-order valence-corrected chi connectivity index (χ2v) is 13.4. The summed E-state index contributed by atoms with van der Waals surface area (Å²) in [6, 6.07) is 30.5.